The van der Waals surface area contributed by atoms with Crippen molar-refractivity contribution in [3.8, 4) is 0 Å². The average Bonchev–Trinajstić information content (AvgIpc) is 2.77. The number of aliphatic carboxylic acids is 2. The molecule has 1 saturated carbocycles. The van der Waals surface area contributed by atoms with Gasteiger partial charge in [0.1, 0.15) is 0 Å². The van der Waals surface area contributed by atoms with Crippen molar-refractivity contribution < 1.29 is 19.8 Å². The zero-order valence-corrected chi connectivity index (χ0v) is 11.8. The number of nitrogens with two attached hydrogens (primary N) is 1. The largest absolute Gasteiger partial charge is 0.473 e. The van der Waals surface area contributed by atoms with Crippen LogP contribution in [0.1, 0.15) is 30.7 Å². The van der Waals surface area contributed by atoms with Crippen LogP contribution in [0.2, 0.25) is 0 Å². The predicted molar refractivity (Wildman–Crippen MR) is 74.0 cm³/mol. The van der Waals surface area contributed by atoms with E-state index < -0.39 is 11.9 Å². The summed E-state index contributed by atoms with van der Waals surface area (Å²) in [5.74, 6) is -3.06. The maximum Gasteiger partial charge on any atom is 0.414 e. The van der Waals surface area contributed by atoms with Crippen molar-refractivity contribution in [2.24, 2.45) is 5.73 Å². The summed E-state index contributed by atoms with van der Waals surface area (Å²) in [7, 11) is 0. The van der Waals surface area contributed by atoms with Crippen molar-refractivity contribution in [2.75, 3.05) is 0 Å². The number of benzene rings is 1. The SMILES string of the molecule is NC1CCCC1c1ccc(Br)cc1.O=C(O)C(=O)O. The molecule has 0 bridgehead atoms. The first-order valence-corrected chi connectivity index (χ1v) is 6.68. The van der Waals surface area contributed by atoms with E-state index >= 15 is 0 Å². The minimum atomic E-state index is -1.82. The van der Waals surface area contributed by atoms with Gasteiger partial charge in [-0.25, -0.2) is 9.59 Å². The van der Waals surface area contributed by atoms with Gasteiger partial charge in [-0.15, -0.1) is 0 Å². The second-order valence-electron chi connectivity index (χ2n) is 4.36. The predicted octanol–water partition coefficient (Wildman–Crippen LogP) is 2.20. The van der Waals surface area contributed by atoms with Gasteiger partial charge in [0.2, 0.25) is 0 Å². The minimum Gasteiger partial charge on any atom is -0.473 e. The fourth-order valence-corrected chi connectivity index (χ4v) is 2.38. The average molecular weight is 330 g/mol. The van der Waals surface area contributed by atoms with E-state index in [2.05, 4.69) is 40.2 Å². The number of carboxylic acids is 2. The molecule has 2 unspecified atom stereocenters. The fourth-order valence-electron chi connectivity index (χ4n) is 2.11. The molecule has 0 saturated heterocycles. The molecule has 0 aromatic heterocycles. The lowest BCUT2D eigenvalue weighted by molar-refractivity contribution is -0.159. The Morgan fingerprint density at radius 3 is 2.00 bits per heavy atom. The third-order valence-corrected chi connectivity index (χ3v) is 3.58. The zero-order valence-electron chi connectivity index (χ0n) is 10.3. The summed E-state index contributed by atoms with van der Waals surface area (Å²) in [6.45, 7) is 0. The van der Waals surface area contributed by atoms with Crippen LogP contribution < -0.4 is 5.73 Å². The highest BCUT2D eigenvalue weighted by molar-refractivity contribution is 9.10. The monoisotopic (exact) mass is 329 g/mol. The van der Waals surface area contributed by atoms with Gasteiger partial charge < -0.3 is 15.9 Å². The Balaban J connectivity index is 0.000000258. The number of carboxylic acid groups (broad SMARTS) is 2. The van der Waals surface area contributed by atoms with E-state index in [1.807, 2.05) is 0 Å². The van der Waals surface area contributed by atoms with Gasteiger partial charge in [0.15, 0.2) is 0 Å². The number of halogens is 1. The fraction of sp³-hybridized carbons (Fsp3) is 0.385. The Hall–Kier alpha value is -1.40. The molecule has 5 nitrogen and oxygen atoms in total. The topological polar surface area (TPSA) is 101 Å². The van der Waals surface area contributed by atoms with Gasteiger partial charge >= 0.3 is 11.9 Å². The molecule has 1 aliphatic rings. The summed E-state index contributed by atoms with van der Waals surface area (Å²) in [5, 5.41) is 14.8. The van der Waals surface area contributed by atoms with Gasteiger partial charge in [-0.1, -0.05) is 34.5 Å². The minimum absolute atomic E-state index is 0.376. The molecule has 2 rings (SSSR count). The smallest absolute Gasteiger partial charge is 0.414 e. The summed E-state index contributed by atoms with van der Waals surface area (Å²) >= 11 is 3.44. The second-order valence-corrected chi connectivity index (χ2v) is 5.28. The van der Waals surface area contributed by atoms with Crippen LogP contribution in [0.15, 0.2) is 28.7 Å². The standard InChI is InChI=1S/C11H14BrN.C2H2O4/c12-9-6-4-8(5-7-9)10-2-1-3-11(10)13;3-1(4)2(5)6/h4-7,10-11H,1-3,13H2;(H,3,4)(H,5,6). The number of hydrogen-bond acceptors (Lipinski definition) is 3. The van der Waals surface area contributed by atoms with Crippen molar-refractivity contribution in [3.05, 3.63) is 34.3 Å². The molecule has 2 atom stereocenters. The highest BCUT2D eigenvalue weighted by atomic mass is 79.9. The highest BCUT2D eigenvalue weighted by Crippen LogP contribution is 2.33. The molecular weight excluding hydrogens is 314 g/mol. The molecule has 4 N–H and O–H groups in total. The Morgan fingerprint density at radius 2 is 1.63 bits per heavy atom. The molecule has 104 valence electrons. The van der Waals surface area contributed by atoms with Crippen LogP contribution >= 0.6 is 15.9 Å². The molecule has 1 aromatic rings. The molecule has 0 radical (unpaired) electrons. The van der Waals surface area contributed by atoms with E-state index in [0.717, 1.165) is 4.47 Å². The Kier molecular flexibility index (Phi) is 5.98. The van der Waals surface area contributed by atoms with E-state index in [1.165, 1.54) is 24.8 Å². The first-order chi connectivity index (χ1) is 8.91. The molecule has 0 heterocycles. The number of carbonyl (C=O) groups is 2. The molecule has 19 heavy (non-hydrogen) atoms. The van der Waals surface area contributed by atoms with Crippen molar-refractivity contribution in [3.63, 3.8) is 0 Å². The lowest BCUT2D eigenvalue weighted by atomic mass is 9.95. The summed E-state index contributed by atoms with van der Waals surface area (Å²) in [4.78, 5) is 18.2. The van der Waals surface area contributed by atoms with Gasteiger partial charge in [0.05, 0.1) is 0 Å². The van der Waals surface area contributed by atoms with Crippen molar-refractivity contribution in [1.29, 1.82) is 0 Å². The summed E-state index contributed by atoms with van der Waals surface area (Å²) in [5.41, 5.74) is 7.43. The van der Waals surface area contributed by atoms with Crippen LogP contribution in [0.3, 0.4) is 0 Å². The van der Waals surface area contributed by atoms with Crippen LogP contribution in [-0.2, 0) is 9.59 Å². The summed E-state index contributed by atoms with van der Waals surface area (Å²) in [6.07, 6.45) is 3.71. The molecule has 1 fully saturated rings. The Morgan fingerprint density at radius 1 is 1.11 bits per heavy atom. The van der Waals surface area contributed by atoms with E-state index in [4.69, 9.17) is 25.5 Å². The molecular formula is C13H16BrNO4. The van der Waals surface area contributed by atoms with E-state index in [9.17, 15) is 0 Å². The van der Waals surface area contributed by atoms with Gasteiger partial charge in [0, 0.05) is 10.5 Å². The lowest BCUT2D eigenvalue weighted by Crippen LogP contribution is -2.22. The molecule has 0 aliphatic heterocycles. The van der Waals surface area contributed by atoms with Crippen molar-refractivity contribution >= 4 is 27.9 Å². The van der Waals surface area contributed by atoms with Gasteiger partial charge in [-0.05, 0) is 36.5 Å². The summed E-state index contributed by atoms with van der Waals surface area (Å²) in [6, 6.07) is 8.93. The van der Waals surface area contributed by atoms with Crippen LogP contribution in [0.5, 0.6) is 0 Å². The van der Waals surface area contributed by atoms with Crippen LogP contribution in [0, 0.1) is 0 Å². The maximum absolute atomic E-state index is 9.10. The normalized spacial score (nSPS) is 21.4. The maximum atomic E-state index is 9.10. The van der Waals surface area contributed by atoms with E-state index in [1.54, 1.807) is 0 Å². The number of rotatable bonds is 1. The molecule has 1 aliphatic carbocycles. The summed E-state index contributed by atoms with van der Waals surface area (Å²) < 4.78 is 1.14. The van der Waals surface area contributed by atoms with Gasteiger partial charge in [0.25, 0.3) is 0 Å². The third-order valence-electron chi connectivity index (χ3n) is 3.05. The van der Waals surface area contributed by atoms with Gasteiger partial charge in [-0.2, -0.15) is 0 Å². The van der Waals surface area contributed by atoms with E-state index in [0.29, 0.717) is 12.0 Å². The Labute approximate surface area is 119 Å². The third kappa shape index (κ3) is 5.00. The van der Waals surface area contributed by atoms with Crippen LogP contribution in [0.25, 0.3) is 0 Å². The van der Waals surface area contributed by atoms with Crippen LogP contribution in [0.4, 0.5) is 0 Å². The quantitative estimate of drug-likeness (QED) is 0.685. The first-order valence-electron chi connectivity index (χ1n) is 5.89. The first kappa shape index (κ1) is 15.7. The van der Waals surface area contributed by atoms with Crippen molar-refractivity contribution in [2.45, 2.75) is 31.2 Å². The highest BCUT2D eigenvalue weighted by Gasteiger charge is 2.24. The zero-order chi connectivity index (χ0) is 14.4. The molecule has 0 amide bonds. The van der Waals surface area contributed by atoms with Gasteiger partial charge in [-0.3, -0.25) is 0 Å². The molecule has 1 aromatic carbocycles. The van der Waals surface area contributed by atoms with E-state index in [-0.39, 0.29) is 0 Å². The van der Waals surface area contributed by atoms with Crippen molar-refractivity contribution in [1.82, 2.24) is 0 Å². The number of hydrogen-bond donors (Lipinski definition) is 3. The lowest BCUT2D eigenvalue weighted by Gasteiger charge is -2.15. The second kappa shape index (κ2) is 7.25. The molecule has 0 spiro atoms. The molecule has 6 heteroatoms. The Bertz CT molecular complexity index is 434. The van der Waals surface area contributed by atoms with Crippen LogP contribution in [-0.4, -0.2) is 28.2 Å².